The highest BCUT2D eigenvalue weighted by Gasteiger charge is 2.24. The summed E-state index contributed by atoms with van der Waals surface area (Å²) < 4.78 is 0. The zero-order valence-corrected chi connectivity index (χ0v) is 19.7. The molecule has 1 aromatic carbocycles. The van der Waals surface area contributed by atoms with Crippen LogP contribution < -0.4 is 5.32 Å². The largest absolute Gasteiger partial charge is 0.371 e. The Morgan fingerprint density at radius 1 is 1.06 bits per heavy atom. The maximum absolute atomic E-state index is 4.42. The van der Waals surface area contributed by atoms with Crippen molar-refractivity contribution in [1.29, 1.82) is 0 Å². The molecule has 34 heavy (non-hydrogen) atoms. The number of nitrogens with zero attached hydrogens (tertiary/aromatic N) is 3. The molecule has 2 aliphatic rings. The van der Waals surface area contributed by atoms with E-state index in [-0.39, 0.29) is 0 Å². The smallest absolute Gasteiger partial charge is 0.155 e. The lowest BCUT2D eigenvalue weighted by Gasteiger charge is -2.34. The minimum Gasteiger partial charge on any atom is -0.371 e. The van der Waals surface area contributed by atoms with E-state index >= 15 is 0 Å². The SMILES string of the molecule is CC(C)c1c(-c2ccnc3[nH]ncc23)[nH]c2ccc(C3CCN(C4=CC=CNC=C4)CC3)cc12. The number of benzene rings is 1. The van der Waals surface area contributed by atoms with Crippen molar-refractivity contribution in [2.75, 3.05) is 13.1 Å². The summed E-state index contributed by atoms with van der Waals surface area (Å²) >= 11 is 0. The number of nitrogens with one attached hydrogen (secondary N) is 3. The van der Waals surface area contributed by atoms with Crippen LogP contribution in [-0.4, -0.2) is 38.2 Å². The standard InChI is InChI=1S/C28H30N6/c1-18(2)26-23-16-20(19-9-14-34(15-10-19)21-4-3-11-29-12-7-21)5-6-25(23)32-27(26)22-8-13-30-28-24(22)17-31-33-28/h3-8,11-13,16-19,29,32H,9-10,14-15H2,1-2H3,(H,30,31,33). The average Bonchev–Trinajstić information content (AvgIpc) is 3.40. The molecule has 172 valence electrons. The minimum absolute atomic E-state index is 0.395. The Hall–Kier alpha value is -3.80. The zero-order chi connectivity index (χ0) is 23.1. The highest BCUT2D eigenvalue weighted by molar-refractivity contribution is 5.98. The topological polar surface area (TPSA) is 72.6 Å². The maximum atomic E-state index is 4.42. The number of H-pyrrole nitrogens is 2. The number of aromatic amines is 2. The molecule has 0 spiro atoms. The highest BCUT2D eigenvalue weighted by Crippen LogP contribution is 2.40. The number of hydrogen-bond acceptors (Lipinski definition) is 4. The Kier molecular flexibility index (Phi) is 5.21. The van der Waals surface area contributed by atoms with E-state index in [4.69, 9.17) is 0 Å². The van der Waals surface area contributed by atoms with Crippen molar-refractivity contribution < 1.29 is 0 Å². The van der Waals surface area contributed by atoms with E-state index in [1.807, 2.05) is 24.8 Å². The van der Waals surface area contributed by atoms with Crippen molar-refractivity contribution >= 4 is 21.9 Å². The number of allylic oxidation sites excluding steroid dienone is 3. The van der Waals surface area contributed by atoms with Gasteiger partial charge in [-0.3, -0.25) is 5.10 Å². The average molecular weight is 451 g/mol. The van der Waals surface area contributed by atoms with Gasteiger partial charge in [-0.1, -0.05) is 19.9 Å². The fourth-order valence-electron chi connectivity index (χ4n) is 5.49. The molecule has 6 nitrogen and oxygen atoms in total. The fourth-order valence-corrected chi connectivity index (χ4v) is 5.49. The van der Waals surface area contributed by atoms with Gasteiger partial charge in [0.25, 0.3) is 0 Å². The first-order valence-corrected chi connectivity index (χ1v) is 12.2. The normalized spacial score (nSPS) is 16.9. The van der Waals surface area contributed by atoms with Crippen LogP contribution in [-0.2, 0) is 0 Å². The molecule has 0 amide bonds. The molecule has 0 saturated carbocycles. The molecule has 0 unspecified atom stereocenters. The first-order valence-electron chi connectivity index (χ1n) is 12.2. The summed E-state index contributed by atoms with van der Waals surface area (Å²) in [4.78, 5) is 10.6. The highest BCUT2D eigenvalue weighted by atomic mass is 15.1. The summed E-state index contributed by atoms with van der Waals surface area (Å²) in [6, 6.07) is 9.13. The van der Waals surface area contributed by atoms with Gasteiger partial charge in [0, 0.05) is 59.2 Å². The van der Waals surface area contributed by atoms with E-state index < -0.39 is 0 Å². The molecule has 3 aromatic heterocycles. The summed E-state index contributed by atoms with van der Waals surface area (Å²) in [5, 5.41) is 12.8. The van der Waals surface area contributed by atoms with Gasteiger partial charge >= 0.3 is 0 Å². The van der Waals surface area contributed by atoms with Crippen molar-refractivity contribution in [3.8, 4) is 11.3 Å². The van der Waals surface area contributed by atoms with Crippen molar-refractivity contribution in [2.45, 2.75) is 38.5 Å². The lowest BCUT2D eigenvalue weighted by Crippen LogP contribution is -2.31. The van der Waals surface area contributed by atoms with Crippen molar-refractivity contribution in [3.63, 3.8) is 0 Å². The van der Waals surface area contributed by atoms with Gasteiger partial charge < -0.3 is 15.2 Å². The first kappa shape index (κ1) is 20.8. The van der Waals surface area contributed by atoms with Gasteiger partial charge in [-0.15, -0.1) is 0 Å². The Balaban J connectivity index is 1.33. The summed E-state index contributed by atoms with van der Waals surface area (Å²) in [6.45, 7) is 6.72. The van der Waals surface area contributed by atoms with Gasteiger partial charge in [0.05, 0.1) is 11.9 Å². The van der Waals surface area contributed by atoms with E-state index in [0.29, 0.717) is 11.8 Å². The van der Waals surface area contributed by atoms with E-state index in [9.17, 15) is 0 Å². The molecule has 6 rings (SSSR count). The lowest BCUT2D eigenvalue weighted by atomic mass is 9.87. The number of likely N-dealkylation sites (tertiary alicyclic amines) is 1. The van der Waals surface area contributed by atoms with Crippen LogP contribution in [0.4, 0.5) is 0 Å². The van der Waals surface area contributed by atoms with Crippen LogP contribution >= 0.6 is 0 Å². The lowest BCUT2D eigenvalue weighted by molar-refractivity contribution is 0.270. The molecule has 1 fully saturated rings. The predicted octanol–water partition coefficient (Wildman–Crippen LogP) is 5.92. The second kappa shape index (κ2) is 8.52. The monoisotopic (exact) mass is 450 g/mol. The van der Waals surface area contributed by atoms with Gasteiger partial charge in [-0.2, -0.15) is 5.10 Å². The molecule has 6 heteroatoms. The summed E-state index contributed by atoms with van der Waals surface area (Å²) in [6.07, 6.45) is 16.5. The van der Waals surface area contributed by atoms with E-state index in [1.54, 1.807) is 0 Å². The first-order chi connectivity index (χ1) is 16.7. The number of pyridine rings is 1. The Morgan fingerprint density at radius 3 is 2.79 bits per heavy atom. The van der Waals surface area contributed by atoms with Gasteiger partial charge in [0.2, 0.25) is 0 Å². The number of aromatic nitrogens is 4. The summed E-state index contributed by atoms with van der Waals surface area (Å²) in [5.41, 5.74) is 8.46. The second-order valence-corrected chi connectivity index (χ2v) is 9.58. The van der Waals surface area contributed by atoms with Crippen LogP contribution in [0.25, 0.3) is 33.2 Å². The van der Waals surface area contributed by atoms with Crippen molar-refractivity contribution in [3.05, 3.63) is 84.1 Å². The number of piperidine rings is 1. The van der Waals surface area contributed by atoms with Crippen LogP contribution in [0.3, 0.4) is 0 Å². The van der Waals surface area contributed by atoms with Gasteiger partial charge in [0.15, 0.2) is 5.65 Å². The quantitative estimate of drug-likeness (QED) is 0.361. The summed E-state index contributed by atoms with van der Waals surface area (Å²) in [7, 11) is 0. The third-order valence-corrected chi connectivity index (χ3v) is 7.20. The van der Waals surface area contributed by atoms with E-state index in [0.717, 1.165) is 29.7 Å². The molecule has 0 bridgehead atoms. The molecule has 0 aliphatic carbocycles. The van der Waals surface area contributed by atoms with Gasteiger partial charge in [-0.05, 0) is 72.2 Å². The van der Waals surface area contributed by atoms with Crippen LogP contribution in [0, 0.1) is 0 Å². The van der Waals surface area contributed by atoms with Gasteiger partial charge in [0.1, 0.15) is 0 Å². The number of fused-ring (bicyclic) bond motifs is 2. The molecule has 1 saturated heterocycles. The van der Waals surface area contributed by atoms with Crippen molar-refractivity contribution in [2.24, 2.45) is 0 Å². The third-order valence-electron chi connectivity index (χ3n) is 7.20. The van der Waals surface area contributed by atoms with Crippen LogP contribution in [0.2, 0.25) is 0 Å². The molecule has 0 radical (unpaired) electrons. The Bertz CT molecular complexity index is 1430. The van der Waals surface area contributed by atoms with Gasteiger partial charge in [-0.25, -0.2) is 4.98 Å². The Labute approximate surface area is 199 Å². The minimum atomic E-state index is 0.395. The molecule has 4 aromatic rings. The molecule has 0 atom stereocenters. The van der Waals surface area contributed by atoms with Crippen molar-refractivity contribution in [1.82, 2.24) is 30.4 Å². The zero-order valence-electron chi connectivity index (χ0n) is 19.7. The van der Waals surface area contributed by atoms with Crippen LogP contribution in [0.1, 0.15) is 49.7 Å². The summed E-state index contributed by atoms with van der Waals surface area (Å²) in [5.74, 6) is 0.983. The Morgan fingerprint density at radius 2 is 1.94 bits per heavy atom. The number of rotatable bonds is 4. The van der Waals surface area contributed by atoms with E-state index in [2.05, 4.69) is 86.7 Å². The van der Waals surface area contributed by atoms with Crippen LogP contribution in [0.15, 0.2) is 73.0 Å². The predicted molar refractivity (Wildman–Crippen MR) is 138 cm³/mol. The molecular formula is C28H30N6. The van der Waals surface area contributed by atoms with Crippen LogP contribution in [0.5, 0.6) is 0 Å². The van der Waals surface area contributed by atoms with E-state index in [1.165, 1.54) is 46.3 Å². The molecule has 5 heterocycles. The second-order valence-electron chi connectivity index (χ2n) is 9.58. The fraction of sp³-hybridized carbons (Fsp3) is 0.286. The molecule has 3 N–H and O–H groups in total. The number of hydrogen-bond donors (Lipinski definition) is 3. The third kappa shape index (κ3) is 3.59. The maximum Gasteiger partial charge on any atom is 0.155 e. The molecule has 2 aliphatic heterocycles. The molecular weight excluding hydrogens is 420 g/mol.